The maximum atomic E-state index is 11.2. The van der Waals surface area contributed by atoms with Crippen molar-refractivity contribution in [1.29, 1.82) is 0 Å². The molecule has 1 aliphatic heterocycles. The van der Waals surface area contributed by atoms with E-state index in [1.54, 1.807) is 23.9 Å². The number of carboxylic acids is 1. The molecule has 21 heavy (non-hydrogen) atoms. The number of rotatable bonds is 4. The van der Waals surface area contributed by atoms with Gasteiger partial charge in [0, 0.05) is 21.6 Å². The molecule has 0 spiro atoms. The van der Waals surface area contributed by atoms with Crippen molar-refractivity contribution in [3.8, 4) is 5.75 Å². The summed E-state index contributed by atoms with van der Waals surface area (Å²) >= 11 is 7.72. The Hall–Kier alpha value is -1.65. The van der Waals surface area contributed by atoms with E-state index < -0.39 is 5.97 Å². The van der Waals surface area contributed by atoms with Crippen LogP contribution in [0.4, 0.5) is 0 Å². The number of benzene rings is 2. The fourth-order valence-corrected chi connectivity index (χ4v) is 3.74. The second-order valence-corrected chi connectivity index (χ2v) is 6.30. The first-order valence-electron chi connectivity index (χ1n) is 6.52. The second kappa shape index (κ2) is 6.00. The van der Waals surface area contributed by atoms with E-state index in [4.69, 9.17) is 16.3 Å². The minimum atomic E-state index is -1.01. The number of ether oxygens (including phenoxy) is 1. The summed E-state index contributed by atoms with van der Waals surface area (Å²) in [4.78, 5) is 12.5. The third-order valence-electron chi connectivity index (χ3n) is 3.41. The fourth-order valence-electron chi connectivity index (χ4n) is 2.35. The van der Waals surface area contributed by atoms with Crippen LogP contribution in [0.3, 0.4) is 0 Å². The molecule has 0 radical (unpaired) electrons. The summed E-state index contributed by atoms with van der Waals surface area (Å²) in [6.07, 6.45) is 0. The van der Waals surface area contributed by atoms with E-state index in [1.165, 1.54) is 16.5 Å². The highest BCUT2D eigenvalue weighted by molar-refractivity contribution is 7.99. The number of carboxylic acid groups (broad SMARTS) is 1. The standard InChI is InChI=1S/C16H13ClO3S/c17-11-5-6-13(16(18)19)14(7-11)20-8-10-9-21-15-4-2-1-3-12(10)15/h1-7,10H,8-9H2,(H,18,19). The Bertz CT molecular complexity index is 687. The van der Waals surface area contributed by atoms with Crippen molar-refractivity contribution >= 4 is 29.3 Å². The molecule has 2 aromatic rings. The first-order valence-corrected chi connectivity index (χ1v) is 7.89. The first-order chi connectivity index (χ1) is 10.1. The van der Waals surface area contributed by atoms with Crippen LogP contribution in [0, 0.1) is 0 Å². The number of fused-ring (bicyclic) bond motifs is 1. The van der Waals surface area contributed by atoms with E-state index in [0.29, 0.717) is 17.4 Å². The fraction of sp³-hybridized carbons (Fsp3) is 0.188. The van der Waals surface area contributed by atoms with Crippen molar-refractivity contribution in [2.24, 2.45) is 0 Å². The number of carbonyl (C=O) groups is 1. The Balaban J connectivity index is 1.77. The summed E-state index contributed by atoms with van der Waals surface area (Å²) in [6, 6.07) is 12.8. The van der Waals surface area contributed by atoms with Crippen molar-refractivity contribution in [1.82, 2.24) is 0 Å². The number of thioether (sulfide) groups is 1. The maximum Gasteiger partial charge on any atom is 0.339 e. The molecule has 1 N–H and O–H groups in total. The quantitative estimate of drug-likeness (QED) is 0.912. The van der Waals surface area contributed by atoms with Crippen LogP contribution in [0.15, 0.2) is 47.4 Å². The molecule has 1 heterocycles. The van der Waals surface area contributed by atoms with Crippen LogP contribution < -0.4 is 4.74 Å². The summed E-state index contributed by atoms with van der Waals surface area (Å²) in [5, 5.41) is 9.65. The molecule has 1 unspecified atom stereocenters. The van der Waals surface area contributed by atoms with E-state index in [1.807, 2.05) is 12.1 Å². The topological polar surface area (TPSA) is 46.5 Å². The number of aromatic carboxylic acids is 1. The Morgan fingerprint density at radius 1 is 1.33 bits per heavy atom. The predicted molar refractivity (Wildman–Crippen MR) is 83.8 cm³/mol. The first kappa shape index (κ1) is 14.3. The highest BCUT2D eigenvalue weighted by Crippen LogP contribution is 2.39. The van der Waals surface area contributed by atoms with Crippen molar-refractivity contribution in [2.75, 3.05) is 12.4 Å². The summed E-state index contributed by atoms with van der Waals surface area (Å²) in [5.74, 6) is 0.529. The molecule has 1 atom stereocenters. The van der Waals surface area contributed by atoms with Crippen LogP contribution in [0.5, 0.6) is 5.75 Å². The summed E-state index contributed by atoms with van der Waals surface area (Å²) in [5.41, 5.74) is 1.40. The summed E-state index contributed by atoms with van der Waals surface area (Å²) in [7, 11) is 0. The average molecular weight is 321 g/mol. The van der Waals surface area contributed by atoms with Gasteiger partial charge in [-0.15, -0.1) is 11.8 Å². The molecular weight excluding hydrogens is 308 g/mol. The SMILES string of the molecule is O=C(O)c1ccc(Cl)cc1OCC1CSc2ccccc21. The monoisotopic (exact) mass is 320 g/mol. The molecule has 5 heteroatoms. The van der Waals surface area contributed by atoms with Gasteiger partial charge in [-0.1, -0.05) is 29.8 Å². The molecule has 0 aliphatic carbocycles. The van der Waals surface area contributed by atoms with Crippen molar-refractivity contribution in [3.63, 3.8) is 0 Å². The van der Waals surface area contributed by atoms with Gasteiger partial charge in [0.05, 0.1) is 6.61 Å². The molecule has 0 fully saturated rings. The lowest BCUT2D eigenvalue weighted by Gasteiger charge is -2.14. The largest absolute Gasteiger partial charge is 0.492 e. The average Bonchev–Trinajstić information content (AvgIpc) is 2.88. The second-order valence-electron chi connectivity index (χ2n) is 4.80. The lowest BCUT2D eigenvalue weighted by Crippen LogP contribution is -2.12. The van der Waals surface area contributed by atoms with Gasteiger partial charge in [0.15, 0.2) is 0 Å². The van der Waals surface area contributed by atoms with E-state index >= 15 is 0 Å². The minimum absolute atomic E-state index is 0.137. The third kappa shape index (κ3) is 3.01. The van der Waals surface area contributed by atoms with Gasteiger partial charge in [-0.05, 0) is 29.8 Å². The molecule has 0 bridgehead atoms. The van der Waals surface area contributed by atoms with Crippen molar-refractivity contribution in [3.05, 3.63) is 58.6 Å². The van der Waals surface area contributed by atoms with Crippen molar-refractivity contribution in [2.45, 2.75) is 10.8 Å². The Morgan fingerprint density at radius 3 is 2.95 bits per heavy atom. The molecule has 0 saturated carbocycles. The smallest absolute Gasteiger partial charge is 0.339 e. The van der Waals surface area contributed by atoms with Crippen LogP contribution in [-0.2, 0) is 0 Å². The molecule has 0 saturated heterocycles. The van der Waals surface area contributed by atoms with E-state index in [-0.39, 0.29) is 11.5 Å². The van der Waals surface area contributed by atoms with Crippen LogP contribution in [0.1, 0.15) is 21.8 Å². The van der Waals surface area contributed by atoms with Gasteiger partial charge < -0.3 is 9.84 Å². The van der Waals surface area contributed by atoms with Crippen LogP contribution >= 0.6 is 23.4 Å². The van der Waals surface area contributed by atoms with E-state index in [2.05, 4.69) is 12.1 Å². The zero-order valence-electron chi connectivity index (χ0n) is 11.1. The Morgan fingerprint density at radius 2 is 2.14 bits per heavy atom. The Kier molecular flexibility index (Phi) is 4.08. The third-order valence-corrected chi connectivity index (χ3v) is 4.90. The highest BCUT2D eigenvalue weighted by atomic mass is 35.5. The van der Waals surface area contributed by atoms with Gasteiger partial charge in [0.2, 0.25) is 0 Å². The van der Waals surface area contributed by atoms with E-state index in [0.717, 1.165) is 5.75 Å². The van der Waals surface area contributed by atoms with Crippen LogP contribution in [0.2, 0.25) is 5.02 Å². The van der Waals surface area contributed by atoms with Gasteiger partial charge in [-0.2, -0.15) is 0 Å². The molecule has 108 valence electrons. The van der Waals surface area contributed by atoms with Crippen LogP contribution in [-0.4, -0.2) is 23.4 Å². The zero-order valence-corrected chi connectivity index (χ0v) is 12.7. The number of hydrogen-bond donors (Lipinski definition) is 1. The molecule has 2 aromatic carbocycles. The van der Waals surface area contributed by atoms with Gasteiger partial charge in [0.1, 0.15) is 11.3 Å². The molecule has 1 aliphatic rings. The number of halogens is 1. The molecule has 3 nitrogen and oxygen atoms in total. The maximum absolute atomic E-state index is 11.2. The minimum Gasteiger partial charge on any atom is -0.492 e. The number of hydrogen-bond acceptors (Lipinski definition) is 3. The summed E-state index contributed by atoms with van der Waals surface area (Å²) < 4.78 is 5.74. The molecule has 0 amide bonds. The molecule has 0 aromatic heterocycles. The normalized spacial score (nSPS) is 16.5. The predicted octanol–water partition coefficient (Wildman–Crippen LogP) is 4.31. The van der Waals surface area contributed by atoms with Gasteiger partial charge in [-0.25, -0.2) is 4.79 Å². The molecular formula is C16H13ClO3S. The van der Waals surface area contributed by atoms with Gasteiger partial charge >= 0.3 is 5.97 Å². The van der Waals surface area contributed by atoms with Crippen molar-refractivity contribution < 1.29 is 14.6 Å². The van der Waals surface area contributed by atoms with Gasteiger partial charge in [0.25, 0.3) is 0 Å². The van der Waals surface area contributed by atoms with E-state index in [9.17, 15) is 9.90 Å². The van der Waals surface area contributed by atoms with Crippen LogP contribution in [0.25, 0.3) is 0 Å². The van der Waals surface area contributed by atoms with Gasteiger partial charge in [-0.3, -0.25) is 0 Å². The zero-order chi connectivity index (χ0) is 14.8. The molecule has 3 rings (SSSR count). The summed E-state index contributed by atoms with van der Waals surface area (Å²) in [6.45, 7) is 0.449. The lowest BCUT2D eigenvalue weighted by atomic mass is 10.0. The highest BCUT2D eigenvalue weighted by Gasteiger charge is 2.24. The Labute approximate surface area is 131 Å². The lowest BCUT2D eigenvalue weighted by molar-refractivity contribution is 0.0692.